The second-order valence-electron chi connectivity index (χ2n) is 6.01. The smallest absolute Gasteiger partial charge is 0.265 e. The predicted octanol–water partition coefficient (Wildman–Crippen LogP) is 2.62. The lowest BCUT2D eigenvalue weighted by Gasteiger charge is -2.31. The van der Waals surface area contributed by atoms with E-state index in [2.05, 4.69) is 10.3 Å². The zero-order valence-electron chi connectivity index (χ0n) is 13.7. The number of benzene rings is 1. The molecule has 2 heterocycles. The Kier molecular flexibility index (Phi) is 5.25. The molecule has 0 radical (unpaired) electrons. The zero-order valence-corrected chi connectivity index (χ0v) is 14.5. The van der Waals surface area contributed by atoms with Crippen molar-refractivity contribution in [2.75, 3.05) is 13.1 Å². The summed E-state index contributed by atoms with van der Waals surface area (Å²) in [6.07, 6.45) is 3.06. The fraction of sp³-hybridized carbons (Fsp3) is 0.389. The molecule has 1 aliphatic heterocycles. The van der Waals surface area contributed by atoms with E-state index < -0.39 is 0 Å². The highest BCUT2D eigenvalue weighted by molar-refractivity contribution is 7.13. The molecular formula is C18H21N3O2S. The summed E-state index contributed by atoms with van der Waals surface area (Å²) in [5.74, 6) is 0.101. The van der Waals surface area contributed by atoms with E-state index in [1.54, 1.807) is 6.20 Å². The lowest BCUT2D eigenvalue weighted by molar-refractivity contribution is -0.126. The number of hydrogen-bond acceptors (Lipinski definition) is 4. The van der Waals surface area contributed by atoms with Crippen molar-refractivity contribution >= 4 is 23.2 Å². The molecule has 1 aliphatic rings. The fourth-order valence-electron chi connectivity index (χ4n) is 2.89. The zero-order chi connectivity index (χ0) is 16.9. The molecular weight excluding hydrogens is 322 g/mol. The summed E-state index contributed by atoms with van der Waals surface area (Å²) in [4.78, 5) is 31.3. The summed E-state index contributed by atoms with van der Waals surface area (Å²) in [6.45, 7) is 3.70. The van der Waals surface area contributed by atoms with Gasteiger partial charge in [0.1, 0.15) is 4.88 Å². The van der Waals surface area contributed by atoms with Crippen molar-refractivity contribution in [2.24, 2.45) is 5.92 Å². The molecule has 0 aliphatic carbocycles. The van der Waals surface area contributed by atoms with Gasteiger partial charge in [-0.2, -0.15) is 0 Å². The van der Waals surface area contributed by atoms with Gasteiger partial charge in [0.25, 0.3) is 5.91 Å². The van der Waals surface area contributed by atoms with Gasteiger partial charge in [-0.05, 0) is 25.3 Å². The predicted molar refractivity (Wildman–Crippen MR) is 93.8 cm³/mol. The first-order valence-corrected chi connectivity index (χ1v) is 8.98. The number of rotatable bonds is 4. The third kappa shape index (κ3) is 4.00. The van der Waals surface area contributed by atoms with Crippen molar-refractivity contribution in [3.05, 3.63) is 52.0 Å². The van der Waals surface area contributed by atoms with Crippen molar-refractivity contribution in [1.82, 2.24) is 15.2 Å². The molecule has 2 amide bonds. The molecule has 126 valence electrons. The first-order chi connectivity index (χ1) is 11.6. The van der Waals surface area contributed by atoms with Crippen LogP contribution in [0, 0.1) is 12.8 Å². The average molecular weight is 343 g/mol. The van der Waals surface area contributed by atoms with Gasteiger partial charge in [0.15, 0.2) is 0 Å². The maximum atomic E-state index is 12.4. The molecule has 0 saturated carbocycles. The van der Waals surface area contributed by atoms with Crippen LogP contribution < -0.4 is 5.32 Å². The summed E-state index contributed by atoms with van der Waals surface area (Å²) >= 11 is 1.42. The van der Waals surface area contributed by atoms with Gasteiger partial charge in [0.05, 0.1) is 11.2 Å². The van der Waals surface area contributed by atoms with Crippen LogP contribution in [0.15, 0.2) is 36.5 Å². The summed E-state index contributed by atoms with van der Waals surface area (Å²) in [6, 6.07) is 9.89. The van der Waals surface area contributed by atoms with E-state index in [-0.39, 0.29) is 17.7 Å². The Morgan fingerprint density at radius 2 is 1.96 bits per heavy atom. The number of nitrogens with zero attached hydrogens (tertiary/aromatic N) is 2. The highest BCUT2D eigenvalue weighted by Crippen LogP contribution is 2.21. The van der Waals surface area contributed by atoms with E-state index in [1.807, 2.05) is 42.2 Å². The molecule has 5 nitrogen and oxygen atoms in total. The number of likely N-dealkylation sites (tertiary alicyclic amines) is 1. The van der Waals surface area contributed by atoms with E-state index in [9.17, 15) is 9.59 Å². The SMILES string of the molecule is Cc1ncc(C(=O)N2CCC(C(=O)NCc3ccccc3)CC2)s1. The molecule has 1 N–H and O–H groups in total. The monoisotopic (exact) mass is 343 g/mol. The van der Waals surface area contributed by atoms with Crippen molar-refractivity contribution in [3.63, 3.8) is 0 Å². The van der Waals surface area contributed by atoms with Crippen LogP contribution in [0.2, 0.25) is 0 Å². The van der Waals surface area contributed by atoms with Gasteiger partial charge in [-0.3, -0.25) is 9.59 Å². The van der Waals surface area contributed by atoms with Crippen LogP contribution in [-0.4, -0.2) is 34.8 Å². The number of thiazole rings is 1. The van der Waals surface area contributed by atoms with Gasteiger partial charge in [-0.1, -0.05) is 30.3 Å². The molecule has 1 fully saturated rings. The van der Waals surface area contributed by atoms with Crippen molar-refractivity contribution in [1.29, 1.82) is 0 Å². The third-order valence-electron chi connectivity index (χ3n) is 4.29. The normalized spacial score (nSPS) is 15.3. The number of carbonyl (C=O) groups is 2. The van der Waals surface area contributed by atoms with Gasteiger partial charge in [0, 0.05) is 25.6 Å². The highest BCUT2D eigenvalue weighted by atomic mass is 32.1. The molecule has 0 spiro atoms. The van der Waals surface area contributed by atoms with E-state index in [4.69, 9.17) is 0 Å². The Bertz CT molecular complexity index is 706. The number of amides is 2. The van der Waals surface area contributed by atoms with E-state index in [0.717, 1.165) is 10.6 Å². The summed E-state index contributed by atoms with van der Waals surface area (Å²) in [5.41, 5.74) is 1.10. The van der Waals surface area contributed by atoms with Gasteiger partial charge >= 0.3 is 0 Å². The van der Waals surface area contributed by atoms with Crippen LogP contribution >= 0.6 is 11.3 Å². The van der Waals surface area contributed by atoms with Crippen LogP contribution in [0.5, 0.6) is 0 Å². The summed E-state index contributed by atoms with van der Waals surface area (Å²) in [5, 5.41) is 3.89. The number of nitrogens with one attached hydrogen (secondary N) is 1. The van der Waals surface area contributed by atoms with Crippen LogP contribution in [0.1, 0.15) is 33.1 Å². The molecule has 0 unspecified atom stereocenters. The highest BCUT2D eigenvalue weighted by Gasteiger charge is 2.28. The fourth-order valence-corrected chi connectivity index (χ4v) is 3.64. The Hall–Kier alpha value is -2.21. The maximum Gasteiger partial charge on any atom is 0.265 e. The average Bonchev–Trinajstić information content (AvgIpc) is 3.06. The summed E-state index contributed by atoms with van der Waals surface area (Å²) in [7, 11) is 0. The Labute approximate surface area is 145 Å². The molecule has 3 rings (SSSR count). The van der Waals surface area contributed by atoms with Crippen molar-refractivity contribution < 1.29 is 9.59 Å². The van der Waals surface area contributed by atoms with E-state index >= 15 is 0 Å². The van der Waals surface area contributed by atoms with Crippen LogP contribution in [0.25, 0.3) is 0 Å². The van der Waals surface area contributed by atoms with Crippen molar-refractivity contribution in [2.45, 2.75) is 26.3 Å². The molecule has 2 aromatic rings. The maximum absolute atomic E-state index is 12.4. The second kappa shape index (κ2) is 7.57. The molecule has 1 saturated heterocycles. The largest absolute Gasteiger partial charge is 0.352 e. The number of piperidine rings is 1. The number of hydrogen-bond donors (Lipinski definition) is 1. The third-order valence-corrected chi connectivity index (χ3v) is 5.20. The number of carbonyl (C=O) groups excluding carboxylic acids is 2. The molecule has 1 aromatic heterocycles. The minimum absolute atomic E-state index is 0.0130. The number of aryl methyl sites for hydroxylation is 1. The molecule has 0 atom stereocenters. The van der Waals surface area contributed by atoms with Gasteiger partial charge in [-0.15, -0.1) is 11.3 Å². The topological polar surface area (TPSA) is 62.3 Å². The van der Waals surface area contributed by atoms with Gasteiger partial charge < -0.3 is 10.2 Å². The molecule has 0 bridgehead atoms. The molecule has 1 aromatic carbocycles. The van der Waals surface area contributed by atoms with Crippen molar-refractivity contribution in [3.8, 4) is 0 Å². The standard InChI is InChI=1S/C18H21N3O2S/c1-13-19-12-16(24-13)18(23)21-9-7-15(8-10-21)17(22)20-11-14-5-3-2-4-6-14/h2-6,12,15H,7-11H2,1H3,(H,20,22). The quantitative estimate of drug-likeness (QED) is 0.928. The van der Waals surface area contributed by atoms with Gasteiger partial charge in [0.2, 0.25) is 5.91 Å². The van der Waals surface area contributed by atoms with E-state index in [0.29, 0.717) is 37.4 Å². The first-order valence-electron chi connectivity index (χ1n) is 8.17. The Morgan fingerprint density at radius 3 is 2.58 bits per heavy atom. The summed E-state index contributed by atoms with van der Waals surface area (Å²) < 4.78 is 0. The molecule has 24 heavy (non-hydrogen) atoms. The molecule has 6 heteroatoms. The van der Waals surface area contributed by atoms with Crippen LogP contribution in [0.4, 0.5) is 0 Å². The van der Waals surface area contributed by atoms with Crippen LogP contribution in [-0.2, 0) is 11.3 Å². The second-order valence-corrected chi connectivity index (χ2v) is 7.25. The number of aromatic nitrogens is 1. The minimum Gasteiger partial charge on any atom is -0.352 e. The lowest BCUT2D eigenvalue weighted by atomic mass is 9.95. The lowest BCUT2D eigenvalue weighted by Crippen LogP contribution is -2.42. The Balaban J connectivity index is 1.47. The van der Waals surface area contributed by atoms with E-state index in [1.165, 1.54) is 11.3 Å². The van der Waals surface area contributed by atoms with Gasteiger partial charge in [-0.25, -0.2) is 4.98 Å². The minimum atomic E-state index is -0.0130. The first kappa shape index (κ1) is 16.6. The van der Waals surface area contributed by atoms with Crippen LogP contribution in [0.3, 0.4) is 0 Å². The Morgan fingerprint density at radius 1 is 1.25 bits per heavy atom.